The number of hydrogen-bond acceptors (Lipinski definition) is 4. The summed E-state index contributed by atoms with van der Waals surface area (Å²) in [5.41, 5.74) is 7.13. The fraction of sp³-hybridized carbons (Fsp3) is 0.333. The van der Waals surface area contributed by atoms with Crippen molar-refractivity contribution in [3.63, 3.8) is 0 Å². The summed E-state index contributed by atoms with van der Waals surface area (Å²) < 4.78 is 27.5. The normalized spacial score (nSPS) is 13.5. The molecule has 2 rings (SSSR count). The summed E-state index contributed by atoms with van der Waals surface area (Å²) in [5, 5.41) is 1.66. The van der Waals surface area contributed by atoms with Crippen LogP contribution in [0.5, 0.6) is 0 Å². The van der Waals surface area contributed by atoms with Crippen molar-refractivity contribution in [3.8, 4) is 0 Å². The monoisotopic (exact) mass is 324 g/mol. The average molecular weight is 324 g/mol. The first-order chi connectivity index (χ1) is 9.95. The second kappa shape index (κ2) is 6.60. The minimum atomic E-state index is -3.52. The van der Waals surface area contributed by atoms with Gasteiger partial charge >= 0.3 is 0 Å². The molecule has 1 aromatic heterocycles. The molecule has 2 aromatic rings. The Labute approximate surface area is 130 Å². The molecule has 1 atom stereocenters. The maximum absolute atomic E-state index is 12.8. The number of thiophene rings is 1. The van der Waals surface area contributed by atoms with Crippen molar-refractivity contribution in [1.29, 1.82) is 0 Å². The van der Waals surface area contributed by atoms with E-state index in [4.69, 9.17) is 5.73 Å². The van der Waals surface area contributed by atoms with Gasteiger partial charge < -0.3 is 5.73 Å². The molecule has 1 heterocycles. The minimum absolute atomic E-state index is 0.0708. The Morgan fingerprint density at radius 3 is 2.48 bits per heavy atom. The van der Waals surface area contributed by atoms with Gasteiger partial charge in [0.2, 0.25) is 0 Å². The quantitative estimate of drug-likeness (QED) is 0.886. The van der Waals surface area contributed by atoms with Crippen LogP contribution < -0.4 is 5.73 Å². The molecule has 0 saturated heterocycles. The van der Waals surface area contributed by atoms with Crippen LogP contribution in [0.4, 0.5) is 5.69 Å². The average Bonchev–Trinajstić information content (AvgIpc) is 2.92. The predicted molar refractivity (Wildman–Crippen MR) is 87.7 cm³/mol. The van der Waals surface area contributed by atoms with Gasteiger partial charge in [-0.2, -0.15) is 4.31 Å². The summed E-state index contributed by atoms with van der Waals surface area (Å²) >= 11 is 1.17. The summed E-state index contributed by atoms with van der Waals surface area (Å²) in [6.07, 6.45) is 0.757. The first-order valence-electron chi connectivity index (χ1n) is 6.85. The molecule has 0 amide bonds. The van der Waals surface area contributed by atoms with E-state index in [-0.39, 0.29) is 6.04 Å². The van der Waals surface area contributed by atoms with Gasteiger partial charge in [0.15, 0.2) is 0 Å². The van der Waals surface area contributed by atoms with Crippen molar-refractivity contribution in [1.82, 2.24) is 4.31 Å². The fourth-order valence-electron chi connectivity index (χ4n) is 2.03. The van der Waals surface area contributed by atoms with Crippen LogP contribution in [0.15, 0.2) is 46.0 Å². The maximum Gasteiger partial charge on any atom is 0.253 e. The summed E-state index contributed by atoms with van der Waals surface area (Å²) in [7, 11) is -3.52. The number of hydrogen-bond donors (Lipinski definition) is 1. The highest BCUT2D eigenvalue weighted by Gasteiger charge is 2.29. The lowest BCUT2D eigenvalue weighted by Gasteiger charge is -2.27. The van der Waals surface area contributed by atoms with Crippen LogP contribution in [-0.2, 0) is 16.6 Å². The van der Waals surface area contributed by atoms with E-state index in [0.29, 0.717) is 16.4 Å². The highest BCUT2D eigenvalue weighted by Crippen LogP contribution is 2.28. The Balaban J connectivity index is 2.36. The lowest BCUT2D eigenvalue weighted by Crippen LogP contribution is -2.37. The zero-order valence-electron chi connectivity index (χ0n) is 12.2. The summed E-state index contributed by atoms with van der Waals surface area (Å²) in [6.45, 7) is 4.29. The number of nitrogens with zero attached hydrogens (tertiary/aromatic N) is 1. The molecule has 0 fully saturated rings. The molecule has 4 nitrogen and oxygen atoms in total. The van der Waals surface area contributed by atoms with Crippen LogP contribution in [0.3, 0.4) is 0 Å². The molecule has 0 saturated carbocycles. The Bertz CT molecular complexity index is 681. The summed E-state index contributed by atoms with van der Waals surface area (Å²) in [5.74, 6) is 0. The largest absolute Gasteiger partial charge is 0.398 e. The van der Waals surface area contributed by atoms with E-state index in [1.807, 2.05) is 44.2 Å². The smallest absolute Gasteiger partial charge is 0.253 e. The van der Waals surface area contributed by atoms with Crippen LogP contribution in [0.1, 0.15) is 25.8 Å². The van der Waals surface area contributed by atoms with Gasteiger partial charge in [0.25, 0.3) is 10.0 Å². The van der Waals surface area contributed by atoms with Gasteiger partial charge in [-0.1, -0.05) is 37.3 Å². The van der Waals surface area contributed by atoms with Gasteiger partial charge in [-0.25, -0.2) is 8.42 Å². The minimum Gasteiger partial charge on any atom is -0.398 e. The molecule has 0 aliphatic carbocycles. The second-order valence-electron chi connectivity index (χ2n) is 4.99. The molecule has 6 heteroatoms. The number of benzene rings is 1. The third-order valence-corrected chi connectivity index (χ3v) is 6.82. The van der Waals surface area contributed by atoms with Crippen molar-refractivity contribution in [3.05, 3.63) is 47.3 Å². The lowest BCUT2D eigenvalue weighted by molar-refractivity contribution is 0.323. The van der Waals surface area contributed by atoms with Gasteiger partial charge in [-0.15, -0.1) is 11.3 Å². The molecule has 0 aliphatic rings. The molecule has 0 aliphatic heterocycles. The fourth-order valence-corrected chi connectivity index (χ4v) is 4.93. The van der Waals surface area contributed by atoms with E-state index in [9.17, 15) is 8.42 Å². The highest BCUT2D eigenvalue weighted by atomic mass is 32.2. The maximum atomic E-state index is 12.8. The van der Waals surface area contributed by atoms with Crippen LogP contribution in [-0.4, -0.2) is 18.8 Å². The van der Waals surface area contributed by atoms with E-state index < -0.39 is 10.0 Å². The number of rotatable bonds is 6. The molecule has 21 heavy (non-hydrogen) atoms. The van der Waals surface area contributed by atoms with E-state index in [2.05, 4.69) is 0 Å². The van der Waals surface area contributed by atoms with Crippen molar-refractivity contribution in [2.45, 2.75) is 37.1 Å². The van der Waals surface area contributed by atoms with E-state index >= 15 is 0 Å². The standard InChI is InChI=1S/C15H20N2O2S2/c1-3-12(2)17(10-13-7-5-4-6-8-13)21(18,19)15-9-14(16)11-20-15/h4-9,11-12H,3,10,16H2,1-2H3. The SMILES string of the molecule is CCC(C)N(Cc1ccccc1)S(=O)(=O)c1cc(N)cs1. The van der Waals surface area contributed by atoms with Gasteiger partial charge in [0.05, 0.1) is 0 Å². The molecular formula is C15H20N2O2S2. The van der Waals surface area contributed by atoms with E-state index in [0.717, 1.165) is 12.0 Å². The topological polar surface area (TPSA) is 63.4 Å². The highest BCUT2D eigenvalue weighted by molar-refractivity contribution is 7.91. The summed E-state index contributed by atoms with van der Waals surface area (Å²) in [6, 6.07) is 11.1. The van der Waals surface area contributed by atoms with Crippen LogP contribution in [0.25, 0.3) is 0 Å². The Morgan fingerprint density at radius 1 is 1.29 bits per heavy atom. The van der Waals surface area contributed by atoms with Crippen molar-refractivity contribution < 1.29 is 8.42 Å². The second-order valence-corrected chi connectivity index (χ2v) is 8.02. The zero-order chi connectivity index (χ0) is 15.5. The first-order valence-corrected chi connectivity index (χ1v) is 9.17. The number of sulfonamides is 1. The first kappa shape index (κ1) is 16.0. The zero-order valence-corrected chi connectivity index (χ0v) is 13.8. The van der Waals surface area contributed by atoms with Crippen LogP contribution in [0, 0.1) is 0 Å². The molecule has 0 bridgehead atoms. The molecule has 1 aromatic carbocycles. The van der Waals surface area contributed by atoms with Crippen molar-refractivity contribution in [2.75, 3.05) is 5.73 Å². The van der Waals surface area contributed by atoms with Crippen LogP contribution in [0.2, 0.25) is 0 Å². The van der Waals surface area contributed by atoms with E-state index in [1.54, 1.807) is 9.69 Å². The molecule has 0 radical (unpaired) electrons. The van der Waals surface area contributed by atoms with E-state index in [1.165, 1.54) is 17.4 Å². The number of nitrogens with two attached hydrogens (primary N) is 1. The van der Waals surface area contributed by atoms with Crippen molar-refractivity contribution in [2.24, 2.45) is 0 Å². The Morgan fingerprint density at radius 2 is 1.95 bits per heavy atom. The predicted octanol–water partition coefficient (Wildman–Crippen LogP) is 3.32. The third kappa shape index (κ3) is 3.64. The lowest BCUT2D eigenvalue weighted by atomic mass is 10.2. The molecule has 2 N–H and O–H groups in total. The molecule has 0 spiro atoms. The van der Waals surface area contributed by atoms with Gasteiger partial charge in [0, 0.05) is 23.7 Å². The Hall–Kier alpha value is -1.37. The van der Waals surface area contributed by atoms with Crippen molar-refractivity contribution >= 4 is 27.0 Å². The third-order valence-electron chi connectivity index (χ3n) is 3.42. The number of nitrogen functional groups attached to an aromatic ring is 1. The van der Waals surface area contributed by atoms with Gasteiger partial charge in [-0.05, 0) is 25.0 Å². The molecule has 1 unspecified atom stereocenters. The molecular weight excluding hydrogens is 304 g/mol. The van der Waals surface area contributed by atoms with Crippen LogP contribution >= 0.6 is 11.3 Å². The number of anilines is 1. The van der Waals surface area contributed by atoms with Gasteiger partial charge in [0.1, 0.15) is 4.21 Å². The summed E-state index contributed by atoms with van der Waals surface area (Å²) in [4.78, 5) is 0. The molecule has 114 valence electrons. The Kier molecular flexibility index (Phi) is 5.03. The van der Waals surface area contributed by atoms with Gasteiger partial charge in [-0.3, -0.25) is 0 Å².